The molecule has 0 fully saturated rings. The fourth-order valence-electron chi connectivity index (χ4n) is 0.515. The van der Waals surface area contributed by atoms with E-state index in [9.17, 15) is 0 Å². The number of nitrogens with two attached hydrogens (primary N) is 2. The lowest BCUT2D eigenvalue weighted by Crippen LogP contribution is -2.57. The van der Waals surface area contributed by atoms with Crippen molar-refractivity contribution in [3.05, 3.63) is 0 Å². The van der Waals surface area contributed by atoms with E-state index >= 15 is 0 Å². The lowest BCUT2D eigenvalue weighted by Gasteiger charge is -2.27. The lowest BCUT2D eigenvalue weighted by atomic mass is 10.5. The third-order valence-corrected chi connectivity index (χ3v) is 1.25. The highest BCUT2D eigenvalue weighted by Crippen LogP contribution is 1.89. The Hall–Kier alpha value is -0.160. The normalized spacial score (nSPS) is 13.8. The van der Waals surface area contributed by atoms with Crippen molar-refractivity contribution in [2.75, 3.05) is 41.3 Å². The fraction of sp³-hybridized carbons (Fsp3) is 1.00. The van der Waals surface area contributed by atoms with Gasteiger partial charge in [0.25, 0.3) is 0 Å². The molecule has 0 amide bonds. The number of quaternary nitrogens is 2. The van der Waals surface area contributed by atoms with E-state index in [2.05, 4.69) is 0 Å². The molecule has 0 rings (SSSR count). The molecule has 0 unspecified atom stereocenters. The van der Waals surface area contributed by atoms with E-state index in [4.69, 9.17) is 11.7 Å². The van der Waals surface area contributed by atoms with Gasteiger partial charge in [0.15, 0.2) is 0 Å². The van der Waals surface area contributed by atoms with E-state index < -0.39 is 0 Å². The standard InChI is InChI=1S/C6H20N4/c1-9(2,7)5-6-10(3,4)8/h5-8H2,1-4H3/q+2. The van der Waals surface area contributed by atoms with Gasteiger partial charge in [-0.1, -0.05) is 0 Å². The van der Waals surface area contributed by atoms with Gasteiger partial charge in [0.1, 0.15) is 13.1 Å². The first kappa shape index (κ1) is 9.84. The van der Waals surface area contributed by atoms with Crippen LogP contribution >= 0.6 is 0 Å². The second kappa shape index (κ2) is 2.84. The summed E-state index contributed by atoms with van der Waals surface area (Å²) < 4.78 is 0.970. The van der Waals surface area contributed by atoms with Crippen LogP contribution in [0.15, 0.2) is 0 Å². The summed E-state index contributed by atoms with van der Waals surface area (Å²) in [5.41, 5.74) is 0. The van der Waals surface area contributed by atoms with Crippen LogP contribution in [0.1, 0.15) is 0 Å². The van der Waals surface area contributed by atoms with Crippen LogP contribution in [0.3, 0.4) is 0 Å². The Morgan fingerprint density at radius 1 is 0.800 bits per heavy atom. The fourth-order valence-corrected chi connectivity index (χ4v) is 0.515. The van der Waals surface area contributed by atoms with Gasteiger partial charge >= 0.3 is 0 Å². The van der Waals surface area contributed by atoms with Gasteiger partial charge in [-0.3, -0.25) is 0 Å². The minimum atomic E-state index is 0.485. The zero-order chi connectivity index (χ0) is 8.41. The van der Waals surface area contributed by atoms with Gasteiger partial charge < -0.3 is 0 Å². The highest BCUT2D eigenvalue weighted by Gasteiger charge is 2.15. The predicted octanol–water partition coefficient (Wildman–Crippen LogP) is -1.11. The summed E-state index contributed by atoms with van der Waals surface area (Å²) in [4.78, 5) is 0. The SMILES string of the molecule is C[N+](C)(N)CC[N+](C)(C)N. The minimum absolute atomic E-state index is 0.485. The molecule has 0 atom stereocenters. The van der Waals surface area contributed by atoms with E-state index in [1.807, 2.05) is 28.2 Å². The molecule has 4 nitrogen and oxygen atoms in total. The molecule has 0 aromatic heterocycles. The molecule has 4 heteroatoms. The van der Waals surface area contributed by atoms with Gasteiger partial charge in [0.05, 0.1) is 28.2 Å². The zero-order valence-electron chi connectivity index (χ0n) is 7.46. The highest BCUT2D eigenvalue weighted by molar-refractivity contribution is 4.23. The van der Waals surface area contributed by atoms with E-state index in [0.29, 0.717) is 9.18 Å². The maximum absolute atomic E-state index is 5.71. The van der Waals surface area contributed by atoms with Crippen molar-refractivity contribution in [1.29, 1.82) is 0 Å². The molecular weight excluding hydrogens is 128 g/mol. The number of hydrogen-bond donors (Lipinski definition) is 2. The third-order valence-electron chi connectivity index (χ3n) is 1.25. The Balaban J connectivity index is 3.56. The smallest absolute Gasteiger partial charge is 0.147 e. The number of rotatable bonds is 3. The van der Waals surface area contributed by atoms with Crippen LogP contribution in [0.4, 0.5) is 0 Å². The van der Waals surface area contributed by atoms with E-state index in [0.717, 1.165) is 13.1 Å². The minimum Gasteiger partial charge on any atom is -0.248 e. The maximum atomic E-state index is 5.71. The van der Waals surface area contributed by atoms with Gasteiger partial charge in [-0.15, -0.1) is 0 Å². The number of hydrogen-bond acceptors (Lipinski definition) is 2. The molecule has 0 aromatic carbocycles. The van der Waals surface area contributed by atoms with Crippen LogP contribution in [-0.4, -0.2) is 50.5 Å². The summed E-state index contributed by atoms with van der Waals surface area (Å²) in [6.07, 6.45) is 0. The van der Waals surface area contributed by atoms with Gasteiger partial charge in [0, 0.05) is 0 Å². The molecule has 0 aliphatic carbocycles. The molecule has 0 spiro atoms. The number of nitrogens with zero attached hydrogens (tertiary/aromatic N) is 2. The Labute approximate surface area is 63.1 Å². The first-order valence-corrected chi connectivity index (χ1v) is 3.44. The Bertz CT molecular complexity index is 83.3. The monoisotopic (exact) mass is 148 g/mol. The lowest BCUT2D eigenvalue weighted by molar-refractivity contribution is -0.957. The molecule has 0 aliphatic heterocycles. The molecule has 62 valence electrons. The summed E-state index contributed by atoms with van der Waals surface area (Å²) in [7, 11) is 7.82. The van der Waals surface area contributed by atoms with Gasteiger partial charge in [-0.05, 0) is 0 Å². The molecular formula is C6H20N4+2. The first-order valence-electron chi connectivity index (χ1n) is 3.44. The molecule has 0 radical (unpaired) electrons. The molecule has 10 heavy (non-hydrogen) atoms. The molecule has 0 saturated carbocycles. The summed E-state index contributed by atoms with van der Waals surface area (Å²) in [5.74, 6) is 11.4. The molecule has 4 N–H and O–H groups in total. The van der Waals surface area contributed by atoms with E-state index in [-0.39, 0.29) is 0 Å². The average molecular weight is 148 g/mol. The van der Waals surface area contributed by atoms with Crippen LogP contribution in [0.2, 0.25) is 0 Å². The average Bonchev–Trinajstić information content (AvgIpc) is 1.57. The van der Waals surface area contributed by atoms with Gasteiger partial charge in [0.2, 0.25) is 0 Å². The molecule has 0 saturated heterocycles. The van der Waals surface area contributed by atoms with Crippen molar-refractivity contribution in [1.82, 2.24) is 0 Å². The Morgan fingerprint density at radius 3 is 1.10 bits per heavy atom. The van der Waals surface area contributed by atoms with Gasteiger partial charge in [-0.2, -0.15) is 11.7 Å². The predicted molar refractivity (Wildman–Crippen MR) is 42.3 cm³/mol. The van der Waals surface area contributed by atoms with Crippen molar-refractivity contribution in [3.63, 3.8) is 0 Å². The van der Waals surface area contributed by atoms with Gasteiger partial charge in [-0.25, -0.2) is 9.18 Å². The van der Waals surface area contributed by atoms with Crippen molar-refractivity contribution >= 4 is 0 Å². The largest absolute Gasteiger partial charge is 0.248 e. The van der Waals surface area contributed by atoms with E-state index in [1.165, 1.54) is 0 Å². The molecule has 0 heterocycles. The Kier molecular flexibility index (Phi) is 2.79. The second-order valence-electron chi connectivity index (χ2n) is 4.00. The van der Waals surface area contributed by atoms with Crippen molar-refractivity contribution in [3.8, 4) is 0 Å². The maximum Gasteiger partial charge on any atom is 0.147 e. The quantitative estimate of drug-likeness (QED) is 0.303. The summed E-state index contributed by atoms with van der Waals surface area (Å²) >= 11 is 0. The number of likely N-dealkylation sites (N-methyl/N-ethyl adjacent to an activating group) is 2. The summed E-state index contributed by atoms with van der Waals surface area (Å²) in [6.45, 7) is 1.78. The van der Waals surface area contributed by atoms with Crippen LogP contribution in [0.25, 0.3) is 0 Å². The zero-order valence-corrected chi connectivity index (χ0v) is 7.46. The third kappa shape index (κ3) is 7.84. The summed E-state index contributed by atoms with van der Waals surface area (Å²) in [5, 5.41) is 0. The van der Waals surface area contributed by atoms with Crippen molar-refractivity contribution < 1.29 is 9.18 Å². The topological polar surface area (TPSA) is 52.0 Å². The van der Waals surface area contributed by atoms with Crippen LogP contribution in [0, 0.1) is 0 Å². The van der Waals surface area contributed by atoms with Crippen LogP contribution in [-0.2, 0) is 0 Å². The molecule has 0 bridgehead atoms. The first-order chi connectivity index (χ1) is 4.21. The highest BCUT2D eigenvalue weighted by atomic mass is 15.6. The van der Waals surface area contributed by atoms with E-state index in [1.54, 1.807) is 0 Å². The summed E-state index contributed by atoms with van der Waals surface area (Å²) in [6, 6.07) is 0. The molecule has 0 aliphatic rings. The molecule has 0 aromatic rings. The second-order valence-corrected chi connectivity index (χ2v) is 4.00. The van der Waals surface area contributed by atoms with Crippen molar-refractivity contribution in [2.24, 2.45) is 11.7 Å². The van der Waals surface area contributed by atoms with Crippen LogP contribution < -0.4 is 11.7 Å². The Morgan fingerprint density at radius 2 is 1.00 bits per heavy atom. The van der Waals surface area contributed by atoms with Crippen LogP contribution in [0.5, 0.6) is 0 Å². The van der Waals surface area contributed by atoms with Crippen molar-refractivity contribution in [2.45, 2.75) is 0 Å².